The molecule has 0 aliphatic carbocycles. The van der Waals surface area contributed by atoms with Gasteiger partial charge in [-0.3, -0.25) is 0 Å². The molecule has 0 aliphatic rings. The molecule has 2 N–H and O–H groups in total. The molecular formula is C6H14N2. The molecule has 0 atom stereocenters. The molecule has 0 aromatic heterocycles. The lowest BCUT2D eigenvalue weighted by Crippen LogP contribution is -2.22. The molecule has 0 spiro atoms. The van der Waals surface area contributed by atoms with E-state index in [1.54, 1.807) is 0 Å². The molecule has 0 aromatic rings. The van der Waals surface area contributed by atoms with E-state index in [1.165, 1.54) is 0 Å². The van der Waals surface area contributed by atoms with Crippen molar-refractivity contribution in [2.75, 3.05) is 13.6 Å². The minimum atomic E-state index is 0.895. The molecule has 0 aromatic carbocycles. The van der Waals surface area contributed by atoms with Gasteiger partial charge >= 0.3 is 0 Å². The zero-order chi connectivity index (χ0) is 6.41. The molecule has 0 bridgehead atoms. The maximum absolute atomic E-state index is 3.69. The van der Waals surface area contributed by atoms with Crippen molar-refractivity contribution in [2.24, 2.45) is 0 Å². The smallest absolute Gasteiger partial charge is 0.0909 e. The van der Waals surface area contributed by atoms with Crippen LogP contribution in [0, 0.1) is 0 Å². The summed E-state index contributed by atoms with van der Waals surface area (Å²) in [5.41, 5.74) is 0. The van der Waals surface area contributed by atoms with Crippen molar-refractivity contribution in [3.8, 4) is 0 Å². The first-order chi connectivity index (χ1) is 3.81. The first kappa shape index (κ1) is 7.34. The van der Waals surface area contributed by atoms with Crippen molar-refractivity contribution in [1.82, 2.24) is 10.6 Å². The number of hydrogen-bond acceptors (Lipinski definition) is 2. The average molecular weight is 114 g/mol. The van der Waals surface area contributed by atoms with Crippen LogP contribution in [0.2, 0.25) is 0 Å². The molecule has 0 radical (unpaired) electrons. The quantitative estimate of drug-likeness (QED) is 0.561. The third-order valence-electron chi connectivity index (χ3n) is 0.890. The summed E-state index contributed by atoms with van der Waals surface area (Å²) < 4.78 is 0. The van der Waals surface area contributed by atoms with Crippen LogP contribution in [0.25, 0.3) is 0 Å². The van der Waals surface area contributed by atoms with Gasteiger partial charge in [-0.25, -0.2) is 0 Å². The van der Waals surface area contributed by atoms with Crippen LogP contribution in [0.15, 0.2) is 12.4 Å². The van der Waals surface area contributed by atoms with Crippen molar-refractivity contribution >= 4 is 0 Å². The fraction of sp³-hybridized carbons (Fsp3) is 0.667. The molecule has 0 heterocycles. The third-order valence-corrected chi connectivity index (χ3v) is 0.890. The van der Waals surface area contributed by atoms with Gasteiger partial charge in [-0.1, -0.05) is 13.5 Å². The van der Waals surface area contributed by atoms with Gasteiger partial charge in [0.05, 0.1) is 5.82 Å². The topological polar surface area (TPSA) is 24.1 Å². The van der Waals surface area contributed by atoms with Crippen molar-refractivity contribution in [2.45, 2.75) is 13.3 Å². The van der Waals surface area contributed by atoms with E-state index in [9.17, 15) is 0 Å². The Morgan fingerprint density at radius 2 is 2.25 bits per heavy atom. The maximum Gasteiger partial charge on any atom is 0.0909 e. The van der Waals surface area contributed by atoms with E-state index in [1.807, 2.05) is 7.05 Å². The van der Waals surface area contributed by atoms with E-state index in [0.29, 0.717) is 0 Å². The monoisotopic (exact) mass is 114 g/mol. The van der Waals surface area contributed by atoms with Gasteiger partial charge in [-0.15, -0.1) is 0 Å². The average Bonchev–Trinajstić information content (AvgIpc) is 1.83. The van der Waals surface area contributed by atoms with Crippen molar-refractivity contribution in [1.29, 1.82) is 0 Å². The minimum Gasteiger partial charge on any atom is -0.375 e. The highest BCUT2D eigenvalue weighted by Gasteiger charge is 1.81. The van der Waals surface area contributed by atoms with Crippen molar-refractivity contribution in [3.63, 3.8) is 0 Å². The van der Waals surface area contributed by atoms with Gasteiger partial charge < -0.3 is 10.6 Å². The number of hydrogen-bond donors (Lipinski definition) is 2. The molecule has 0 aliphatic heterocycles. The highest BCUT2D eigenvalue weighted by atomic mass is 15.1. The predicted molar refractivity (Wildman–Crippen MR) is 36.5 cm³/mol. The van der Waals surface area contributed by atoms with Crippen LogP contribution in [0.3, 0.4) is 0 Å². The third kappa shape index (κ3) is 3.53. The molecule has 2 nitrogen and oxygen atoms in total. The van der Waals surface area contributed by atoms with Gasteiger partial charge in [-0.05, 0) is 6.42 Å². The van der Waals surface area contributed by atoms with Crippen LogP contribution in [0.1, 0.15) is 13.3 Å². The summed E-state index contributed by atoms with van der Waals surface area (Å²) in [5.74, 6) is 0.895. The predicted octanol–water partition coefficient (Wildman–Crippen LogP) is 0.677. The van der Waals surface area contributed by atoms with Gasteiger partial charge in [0, 0.05) is 13.6 Å². The Morgan fingerprint density at radius 1 is 1.62 bits per heavy atom. The van der Waals surface area contributed by atoms with Crippen LogP contribution in [-0.2, 0) is 0 Å². The van der Waals surface area contributed by atoms with Crippen LogP contribution >= 0.6 is 0 Å². The van der Waals surface area contributed by atoms with E-state index < -0.39 is 0 Å². The molecule has 0 unspecified atom stereocenters. The summed E-state index contributed by atoms with van der Waals surface area (Å²) >= 11 is 0. The maximum atomic E-state index is 3.69. The lowest BCUT2D eigenvalue weighted by Gasteiger charge is -2.05. The summed E-state index contributed by atoms with van der Waals surface area (Å²) in [6.45, 7) is 6.81. The molecule has 0 saturated heterocycles. The van der Waals surface area contributed by atoms with E-state index in [2.05, 4.69) is 24.1 Å². The Morgan fingerprint density at radius 3 is 2.62 bits per heavy atom. The van der Waals surface area contributed by atoms with Gasteiger partial charge in [0.15, 0.2) is 0 Å². The Balaban J connectivity index is 2.99. The first-order valence-electron chi connectivity index (χ1n) is 2.91. The second-order valence-corrected chi connectivity index (χ2v) is 1.66. The molecular weight excluding hydrogens is 100 g/mol. The summed E-state index contributed by atoms with van der Waals surface area (Å²) in [7, 11) is 1.85. The Labute approximate surface area is 51.0 Å². The van der Waals surface area contributed by atoms with Crippen LogP contribution in [0.5, 0.6) is 0 Å². The Hall–Kier alpha value is -0.660. The highest BCUT2D eigenvalue weighted by Crippen LogP contribution is 1.74. The second kappa shape index (κ2) is 4.50. The second-order valence-electron chi connectivity index (χ2n) is 1.66. The fourth-order valence-corrected chi connectivity index (χ4v) is 0.364. The van der Waals surface area contributed by atoms with E-state index in [4.69, 9.17) is 0 Å². The van der Waals surface area contributed by atoms with E-state index >= 15 is 0 Å². The van der Waals surface area contributed by atoms with Gasteiger partial charge in [0.25, 0.3) is 0 Å². The zero-order valence-electron chi connectivity index (χ0n) is 5.62. The molecule has 0 amide bonds. The summed E-state index contributed by atoms with van der Waals surface area (Å²) in [4.78, 5) is 0. The molecule has 2 heteroatoms. The lowest BCUT2D eigenvalue weighted by atomic mass is 10.5. The SMILES string of the molecule is C=C(NC)NCCC. The normalized spacial score (nSPS) is 8.25. The molecule has 8 heavy (non-hydrogen) atoms. The zero-order valence-corrected chi connectivity index (χ0v) is 5.62. The molecule has 0 fully saturated rings. The largest absolute Gasteiger partial charge is 0.375 e. The van der Waals surface area contributed by atoms with Crippen molar-refractivity contribution < 1.29 is 0 Å². The molecule has 48 valence electrons. The molecule has 0 saturated carbocycles. The van der Waals surface area contributed by atoms with Gasteiger partial charge in [0.1, 0.15) is 0 Å². The van der Waals surface area contributed by atoms with Crippen LogP contribution in [0.4, 0.5) is 0 Å². The van der Waals surface area contributed by atoms with Crippen LogP contribution < -0.4 is 10.6 Å². The van der Waals surface area contributed by atoms with Gasteiger partial charge in [-0.2, -0.15) is 0 Å². The summed E-state index contributed by atoms with van der Waals surface area (Å²) in [6.07, 6.45) is 1.14. The molecule has 0 rings (SSSR count). The van der Waals surface area contributed by atoms with Crippen LogP contribution in [-0.4, -0.2) is 13.6 Å². The standard InChI is InChI=1S/C6H14N2/c1-4-5-8-6(2)7-3/h7-8H,2,4-5H2,1,3H3. The number of nitrogens with one attached hydrogen (secondary N) is 2. The number of rotatable bonds is 4. The lowest BCUT2D eigenvalue weighted by molar-refractivity contribution is 0.719. The summed E-state index contributed by atoms with van der Waals surface area (Å²) in [6, 6.07) is 0. The summed E-state index contributed by atoms with van der Waals surface area (Å²) in [5, 5.41) is 5.97. The Kier molecular flexibility index (Phi) is 4.13. The highest BCUT2D eigenvalue weighted by molar-refractivity contribution is 4.84. The van der Waals surface area contributed by atoms with E-state index in [-0.39, 0.29) is 0 Å². The van der Waals surface area contributed by atoms with Gasteiger partial charge in [0.2, 0.25) is 0 Å². The van der Waals surface area contributed by atoms with Crippen molar-refractivity contribution in [3.05, 3.63) is 12.4 Å². The van der Waals surface area contributed by atoms with E-state index in [0.717, 1.165) is 18.8 Å². The fourth-order valence-electron chi connectivity index (χ4n) is 0.364. The Bertz CT molecular complexity index is 68.9. The minimum absolute atomic E-state index is 0.895. The first-order valence-corrected chi connectivity index (χ1v) is 2.91.